The molecule has 2 aliphatic heterocycles. The first-order valence-electron chi connectivity index (χ1n) is 16.0. The number of hydrogen-bond donors (Lipinski definition) is 1. The number of amides is 2. The summed E-state index contributed by atoms with van der Waals surface area (Å²) >= 11 is 0. The summed E-state index contributed by atoms with van der Waals surface area (Å²) in [5.74, 6) is -0.477. The van der Waals surface area contributed by atoms with Crippen molar-refractivity contribution < 1.29 is 32.0 Å². The number of Topliss-reactive ketones (excluding diaryl/α,β-unsaturated/α-hetero) is 1. The Kier molecular flexibility index (Phi) is 9.06. The second-order valence-electron chi connectivity index (χ2n) is 12.3. The van der Waals surface area contributed by atoms with E-state index < -0.39 is 23.4 Å². The van der Waals surface area contributed by atoms with Crippen molar-refractivity contribution >= 4 is 34.7 Å². The molecular formula is C34H38F3N5O4. The highest BCUT2D eigenvalue weighted by atomic mass is 19.4. The van der Waals surface area contributed by atoms with Crippen molar-refractivity contribution in [2.45, 2.75) is 64.0 Å². The summed E-state index contributed by atoms with van der Waals surface area (Å²) in [7, 11) is 0. The highest BCUT2D eigenvalue weighted by Gasteiger charge is 2.39. The molecule has 0 spiro atoms. The highest BCUT2D eigenvalue weighted by molar-refractivity contribution is 6.07. The Bertz CT molecular complexity index is 1610. The highest BCUT2D eigenvalue weighted by Crippen LogP contribution is 2.43. The van der Waals surface area contributed by atoms with Gasteiger partial charge in [-0.3, -0.25) is 14.4 Å². The van der Waals surface area contributed by atoms with Gasteiger partial charge in [-0.25, -0.2) is 4.98 Å². The number of carbonyl (C=O) groups excluding carboxylic acids is 3. The normalized spacial score (nSPS) is 17.1. The van der Waals surface area contributed by atoms with E-state index in [1.807, 2.05) is 31.2 Å². The Balaban J connectivity index is 1.27. The number of ketones is 1. The lowest BCUT2D eigenvalue weighted by molar-refractivity contribution is -0.137. The monoisotopic (exact) mass is 637 g/mol. The van der Waals surface area contributed by atoms with Crippen LogP contribution in [-0.2, 0) is 11.0 Å². The van der Waals surface area contributed by atoms with Crippen LogP contribution < -0.4 is 15.1 Å². The molecule has 3 fully saturated rings. The molecule has 0 radical (unpaired) electrons. The van der Waals surface area contributed by atoms with E-state index in [9.17, 15) is 27.6 Å². The topological polar surface area (TPSA) is 99.0 Å². The van der Waals surface area contributed by atoms with Crippen molar-refractivity contribution in [3.8, 4) is 0 Å². The van der Waals surface area contributed by atoms with Gasteiger partial charge in [-0.15, -0.1) is 0 Å². The van der Waals surface area contributed by atoms with Gasteiger partial charge in [0.05, 0.1) is 16.9 Å². The maximum Gasteiger partial charge on any atom is 0.418 e. The van der Waals surface area contributed by atoms with Crippen LogP contribution in [0.25, 0.3) is 0 Å². The molecular weight excluding hydrogens is 599 g/mol. The zero-order chi connectivity index (χ0) is 32.4. The molecule has 0 atom stereocenters. The van der Waals surface area contributed by atoms with Gasteiger partial charge in [-0.2, -0.15) is 13.2 Å². The number of aryl methyl sites for hydroxylation is 1. The van der Waals surface area contributed by atoms with Gasteiger partial charge in [-0.05, 0) is 62.8 Å². The second-order valence-corrected chi connectivity index (χ2v) is 12.3. The minimum absolute atomic E-state index is 0.0230. The molecule has 2 amide bonds. The molecule has 9 nitrogen and oxygen atoms in total. The lowest BCUT2D eigenvalue weighted by atomic mass is 9.98. The van der Waals surface area contributed by atoms with E-state index >= 15 is 0 Å². The van der Waals surface area contributed by atoms with Crippen molar-refractivity contribution in [1.29, 1.82) is 0 Å². The summed E-state index contributed by atoms with van der Waals surface area (Å²) in [5, 5.41) is 2.65. The minimum atomic E-state index is -4.79. The standard InChI is InChI=1S/C34H38F3N5O4/c1-22-7-2-3-8-28(22)40-15-17-42(18-16-40)31-25(34(35,36)37)19-24(29(43)9-4-5-13-41-14-6-10-30(41)44)20-26(31)38-32(45)27-21-46-33(39-27)23-11-12-23/h2-3,7-8,19-21,23H,4-6,9-18H2,1H3,(H,38,45). The first-order chi connectivity index (χ1) is 22.1. The molecule has 0 unspecified atom stereocenters. The molecule has 6 rings (SSSR count). The molecule has 3 heterocycles. The van der Waals surface area contributed by atoms with E-state index in [4.69, 9.17) is 4.42 Å². The summed E-state index contributed by atoms with van der Waals surface area (Å²) in [5.41, 5.74) is 0.720. The van der Waals surface area contributed by atoms with Gasteiger partial charge in [0, 0.05) is 69.3 Å². The number of para-hydroxylation sites is 1. The average molecular weight is 638 g/mol. The van der Waals surface area contributed by atoms with E-state index in [1.54, 1.807) is 9.80 Å². The summed E-state index contributed by atoms with van der Waals surface area (Å²) in [4.78, 5) is 48.3. The number of oxazole rings is 1. The molecule has 244 valence electrons. The molecule has 3 aromatic rings. The van der Waals surface area contributed by atoms with Crippen LogP contribution in [-0.4, -0.2) is 66.8 Å². The third-order valence-electron chi connectivity index (χ3n) is 8.97. The third kappa shape index (κ3) is 7.05. The molecule has 12 heteroatoms. The van der Waals surface area contributed by atoms with Crippen molar-refractivity contribution in [1.82, 2.24) is 9.88 Å². The summed E-state index contributed by atoms with van der Waals surface area (Å²) in [6.45, 7) is 4.72. The first-order valence-corrected chi connectivity index (χ1v) is 16.0. The lowest BCUT2D eigenvalue weighted by Crippen LogP contribution is -2.47. The minimum Gasteiger partial charge on any atom is -0.448 e. The Morgan fingerprint density at radius 1 is 1.02 bits per heavy atom. The molecule has 1 saturated carbocycles. The summed E-state index contributed by atoms with van der Waals surface area (Å²) < 4.78 is 49.8. The van der Waals surface area contributed by atoms with Crippen LogP contribution in [0.3, 0.4) is 0 Å². The fourth-order valence-corrected chi connectivity index (χ4v) is 6.31. The number of benzene rings is 2. The maximum atomic E-state index is 14.8. The summed E-state index contributed by atoms with van der Waals surface area (Å²) in [6.07, 6.45) is 0.614. The molecule has 1 N–H and O–H groups in total. The van der Waals surface area contributed by atoms with Gasteiger partial charge in [0.2, 0.25) is 5.91 Å². The van der Waals surface area contributed by atoms with E-state index in [2.05, 4.69) is 15.2 Å². The van der Waals surface area contributed by atoms with E-state index in [0.717, 1.165) is 36.6 Å². The largest absolute Gasteiger partial charge is 0.448 e. The predicted octanol–water partition coefficient (Wildman–Crippen LogP) is 6.43. The summed E-state index contributed by atoms with van der Waals surface area (Å²) in [6, 6.07) is 10.1. The van der Waals surface area contributed by atoms with Gasteiger partial charge >= 0.3 is 6.18 Å². The Labute approximate surface area is 265 Å². The number of unbranched alkanes of at least 4 members (excludes halogenated alkanes) is 1. The van der Waals surface area contributed by atoms with Crippen molar-refractivity contribution in [2.24, 2.45) is 0 Å². The molecule has 1 aliphatic carbocycles. The number of anilines is 3. The maximum absolute atomic E-state index is 14.8. The van der Waals surface area contributed by atoms with Crippen LogP contribution in [0, 0.1) is 6.92 Å². The quantitative estimate of drug-likeness (QED) is 0.191. The van der Waals surface area contributed by atoms with E-state index in [1.165, 1.54) is 12.3 Å². The number of alkyl halides is 3. The van der Waals surface area contributed by atoms with Crippen LogP contribution in [0.2, 0.25) is 0 Å². The molecule has 2 saturated heterocycles. The molecule has 3 aliphatic rings. The number of halogens is 3. The number of piperazine rings is 1. The first kappa shape index (κ1) is 31.6. The molecule has 46 heavy (non-hydrogen) atoms. The second kappa shape index (κ2) is 13.2. The fourth-order valence-electron chi connectivity index (χ4n) is 6.31. The van der Waals surface area contributed by atoms with Crippen LogP contribution in [0.15, 0.2) is 47.1 Å². The Morgan fingerprint density at radius 3 is 2.43 bits per heavy atom. The van der Waals surface area contributed by atoms with Crippen LogP contribution in [0.4, 0.5) is 30.2 Å². The third-order valence-corrected chi connectivity index (χ3v) is 8.97. The zero-order valence-electron chi connectivity index (χ0n) is 25.9. The van der Waals surface area contributed by atoms with Crippen LogP contribution >= 0.6 is 0 Å². The van der Waals surface area contributed by atoms with Gasteiger partial charge in [0.25, 0.3) is 5.91 Å². The zero-order valence-corrected chi connectivity index (χ0v) is 25.9. The van der Waals surface area contributed by atoms with Gasteiger partial charge in [0.15, 0.2) is 17.4 Å². The number of nitrogens with zero attached hydrogens (tertiary/aromatic N) is 4. The van der Waals surface area contributed by atoms with Gasteiger partial charge in [0.1, 0.15) is 6.26 Å². The number of nitrogens with one attached hydrogen (secondary N) is 1. The van der Waals surface area contributed by atoms with Gasteiger partial charge in [-0.1, -0.05) is 18.2 Å². The Morgan fingerprint density at radius 2 is 1.76 bits per heavy atom. The van der Waals surface area contributed by atoms with Crippen LogP contribution in [0.5, 0.6) is 0 Å². The average Bonchev–Trinajstić information content (AvgIpc) is 3.61. The van der Waals surface area contributed by atoms with E-state index in [-0.39, 0.29) is 54.0 Å². The molecule has 1 aromatic heterocycles. The Hall–Kier alpha value is -4.35. The fraction of sp³-hybridized carbons (Fsp3) is 0.471. The number of rotatable bonds is 11. The van der Waals surface area contributed by atoms with E-state index in [0.29, 0.717) is 51.3 Å². The van der Waals surface area contributed by atoms with Crippen molar-refractivity contribution in [3.05, 3.63) is 70.9 Å². The SMILES string of the molecule is Cc1ccccc1N1CCN(c2c(NC(=O)c3coc(C4CC4)n3)cc(C(=O)CCCCN3CCCC3=O)cc2C(F)(F)F)CC1. The lowest BCUT2D eigenvalue weighted by Gasteiger charge is -2.39. The number of carbonyl (C=O) groups is 3. The molecule has 2 aromatic carbocycles. The van der Waals surface area contributed by atoms with Crippen molar-refractivity contribution in [2.75, 3.05) is 54.4 Å². The smallest absolute Gasteiger partial charge is 0.418 e. The number of hydrogen-bond acceptors (Lipinski definition) is 7. The molecule has 0 bridgehead atoms. The van der Waals surface area contributed by atoms with Gasteiger partial charge < -0.3 is 24.4 Å². The van der Waals surface area contributed by atoms with Crippen molar-refractivity contribution in [3.63, 3.8) is 0 Å². The predicted molar refractivity (Wildman–Crippen MR) is 167 cm³/mol. The van der Waals surface area contributed by atoms with Crippen LogP contribution in [0.1, 0.15) is 88.7 Å². The number of likely N-dealkylation sites (tertiary alicyclic amines) is 1. The number of aromatic nitrogens is 1.